The van der Waals surface area contributed by atoms with Gasteiger partial charge in [-0.2, -0.15) is 8.78 Å². The Morgan fingerprint density at radius 2 is 2.08 bits per heavy atom. The van der Waals surface area contributed by atoms with Crippen molar-refractivity contribution in [3.05, 3.63) is 36.7 Å². The summed E-state index contributed by atoms with van der Waals surface area (Å²) >= 11 is 0. The monoisotopic (exact) mass is 337 g/mol. The van der Waals surface area contributed by atoms with Crippen molar-refractivity contribution < 1.29 is 18.3 Å². The van der Waals surface area contributed by atoms with Crippen molar-refractivity contribution in [1.29, 1.82) is 0 Å². The molecule has 2 heterocycles. The molecule has 1 saturated carbocycles. The molecule has 0 aliphatic heterocycles. The van der Waals surface area contributed by atoms with Gasteiger partial charge >= 0.3 is 6.61 Å². The van der Waals surface area contributed by atoms with Crippen LogP contribution in [0.5, 0.6) is 0 Å². The number of imidazole rings is 1. The number of nitrogens with one attached hydrogen (secondary N) is 1. The minimum absolute atomic E-state index is 0.0679. The largest absolute Gasteiger partial charge is 0.348 e. The summed E-state index contributed by atoms with van der Waals surface area (Å²) in [6, 6.07) is 1.46. The lowest BCUT2D eigenvalue weighted by atomic mass is 9.93. The zero-order valence-electron chi connectivity index (χ0n) is 12.8. The van der Waals surface area contributed by atoms with Crippen LogP contribution in [-0.2, 0) is 4.74 Å². The van der Waals surface area contributed by atoms with E-state index in [4.69, 9.17) is 0 Å². The standard InChI is InChI=1S/C15H17F2N5O2/c16-14(17)24-11-3-1-10(2-4-11)20-13(23)12-5-6-19-15(21-12)22-8-7-18-9-22/h5-11,14H,1-4H2,(H,20,23)/t10-,11-. The normalized spacial score (nSPS) is 21.0. The topological polar surface area (TPSA) is 81.9 Å². The lowest BCUT2D eigenvalue weighted by Crippen LogP contribution is -2.39. The molecule has 0 atom stereocenters. The van der Waals surface area contributed by atoms with Crippen LogP contribution in [0.15, 0.2) is 31.0 Å². The highest BCUT2D eigenvalue weighted by Gasteiger charge is 2.25. The Morgan fingerprint density at radius 1 is 1.29 bits per heavy atom. The number of alkyl halides is 2. The van der Waals surface area contributed by atoms with E-state index >= 15 is 0 Å². The highest BCUT2D eigenvalue weighted by atomic mass is 19.3. The first-order valence-corrected chi connectivity index (χ1v) is 7.67. The Morgan fingerprint density at radius 3 is 2.75 bits per heavy atom. The molecule has 1 N–H and O–H groups in total. The molecule has 128 valence electrons. The van der Waals surface area contributed by atoms with E-state index < -0.39 is 12.7 Å². The number of amides is 1. The molecule has 0 radical (unpaired) electrons. The van der Waals surface area contributed by atoms with E-state index in [-0.39, 0.29) is 17.6 Å². The van der Waals surface area contributed by atoms with E-state index in [1.165, 1.54) is 12.3 Å². The molecule has 1 aliphatic carbocycles. The zero-order valence-corrected chi connectivity index (χ0v) is 12.8. The molecule has 7 nitrogen and oxygen atoms in total. The summed E-state index contributed by atoms with van der Waals surface area (Å²) in [6.07, 6.45) is 8.08. The van der Waals surface area contributed by atoms with Crippen molar-refractivity contribution in [1.82, 2.24) is 24.8 Å². The summed E-state index contributed by atoms with van der Waals surface area (Å²) in [5, 5.41) is 2.88. The number of aromatic nitrogens is 4. The van der Waals surface area contributed by atoms with Gasteiger partial charge in [-0.25, -0.2) is 15.0 Å². The van der Waals surface area contributed by atoms with E-state index in [1.807, 2.05) is 0 Å². The summed E-state index contributed by atoms with van der Waals surface area (Å²) in [6.45, 7) is -2.75. The van der Waals surface area contributed by atoms with Crippen molar-refractivity contribution in [3.8, 4) is 5.95 Å². The highest BCUT2D eigenvalue weighted by Crippen LogP contribution is 2.23. The molecular formula is C15H17F2N5O2. The average Bonchev–Trinajstić information content (AvgIpc) is 3.11. The van der Waals surface area contributed by atoms with Crippen molar-refractivity contribution in [2.45, 2.75) is 44.4 Å². The third-order valence-electron chi connectivity index (χ3n) is 3.92. The Bertz CT molecular complexity index is 672. The minimum Gasteiger partial charge on any atom is -0.348 e. The maximum atomic E-state index is 12.3. The van der Waals surface area contributed by atoms with Gasteiger partial charge < -0.3 is 10.1 Å². The number of carbonyl (C=O) groups excluding carboxylic acids is 1. The van der Waals surface area contributed by atoms with Gasteiger partial charge in [0, 0.05) is 24.6 Å². The van der Waals surface area contributed by atoms with Gasteiger partial charge in [0.2, 0.25) is 5.95 Å². The Hall–Kier alpha value is -2.42. The van der Waals surface area contributed by atoms with Crippen LogP contribution in [0.1, 0.15) is 36.2 Å². The Balaban J connectivity index is 1.57. The maximum Gasteiger partial charge on any atom is 0.345 e. The van der Waals surface area contributed by atoms with Gasteiger partial charge in [0.1, 0.15) is 12.0 Å². The van der Waals surface area contributed by atoms with Crippen LogP contribution in [-0.4, -0.2) is 44.2 Å². The second-order valence-electron chi connectivity index (χ2n) is 5.56. The molecule has 1 amide bonds. The summed E-state index contributed by atoms with van der Waals surface area (Å²) in [7, 11) is 0. The minimum atomic E-state index is -2.75. The molecule has 0 unspecified atom stereocenters. The van der Waals surface area contributed by atoms with Crippen molar-refractivity contribution >= 4 is 5.91 Å². The molecule has 0 saturated heterocycles. The number of ether oxygens (including phenoxy) is 1. The number of hydrogen-bond donors (Lipinski definition) is 1. The molecule has 2 aromatic rings. The fraction of sp³-hybridized carbons (Fsp3) is 0.467. The fourth-order valence-corrected chi connectivity index (χ4v) is 2.72. The van der Waals surface area contributed by atoms with Crippen LogP contribution in [0.25, 0.3) is 5.95 Å². The molecule has 0 aromatic carbocycles. The van der Waals surface area contributed by atoms with Crippen LogP contribution in [0.4, 0.5) is 8.78 Å². The second-order valence-corrected chi connectivity index (χ2v) is 5.56. The molecular weight excluding hydrogens is 320 g/mol. The lowest BCUT2D eigenvalue weighted by molar-refractivity contribution is -0.170. The lowest BCUT2D eigenvalue weighted by Gasteiger charge is -2.28. The predicted octanol–water partition coefficient (Wildman–Crippen LogP) is 1.94. The van der Waals surface area contributed by atoms with Crippen LogP contribution >= 0.6 is 0 Å². The zero-order chi connectivity index (χ0) is 16.9. The van der Waals surface area contributed by atoms with Crippen LogP contribution in [0.3, 0.4) is 0 Å². The average molecular weight is 337 g/mol. The number of halogens is 2. The van der Waals surface area contributed by atoms with E-state index in [1.54, 1.807) is 23.3 Å². The van der Waals surface area contributed by atoms with Crippen LogP contribution in [0, 0.1) is 0 Å². The predicted molar refractivity (Wildman–Crippen MR) is 79.8 cm³/mol. The van der Waals surface area contributed by atoms with Crippen molar-refractivity contribution in [3.63, 3.8) is 0 Å². The van der Waals surface area contributed by atoms with Crippen LogP contribution in [0.2, 0.25) is 0 Å². The summed E-state index contributed by atoms with van der Waals surface area (Å²) in [5.74, 6) is 0.0474. The molecule has 1 aliphatic rings. The Labute approximate surface area is 137 Å². The van der Waals surface area contributed by atoms with Gasteiger partial charge in [0.05, 0.1) is 6.10 Å². The first kappa shape index (κ1) is 16.4. The van der Waals surface area contributed by atoms with E-state index in [0.717, 1.165) is 0 Å². The molecule has 2 aromatic heterocycles. The van der Waals surface area contributed by atoms with Gasteiger partial charge in [0.25, 0.3) is 5.91 Å². The first-order chi connectivity index (χ1) is 11.6. The molecule has 0 spiro atoms. The highest BCUT2D eigenvalue weighted by molar-refractivity contribution is 5.92. The number of rotatable bonds is 5. The SMILES string of the molecule is O=C(N[C@H]1CC[C@H](OC(F)F)CC1)c1ccnc(-n2ccnc2)n1. The third kappa shape index (κ3) is 4.10. The van der Waals surface area contributed by atoms with Gasteiger partial charge in [-0.3, -0.25) is 9.36 Å². The number of carbonyl (C=O) groups is 1. The van der Waals surface area contributed by atoms with Gasteiger partial charge in [0.15, 0.2) is 0 Å². The van der Waals surface area contributed by atoms with Crippen LogP contribution < -0.4 is 5.32 Å². The summed E-state index contributed by atoms with van der Waals surface area (Å²) < 4.78 is 30.5. The Kier molecular flexibility index (Phi) is 5.09. The van der Waals surface area contributed by atoms with Gasteiger partial charge in [-0.1, -0.05) is 0 Å². The summed E-state index contributed by atoms with van der Waals surface area (Å²) in [5.41, 5.74) is 0.250. The molecule has 3 rings (SSSR count). The smallest absolute Gasteiger partial charge is 0.345 e. The third-order valence-corrected chi connectivity index (χ3v) is 3.92. The van der Waals surface area contributed by atoms with E-state index in [9.17, 15) is 13.6 Å². The quantitative estimate of drug-likeness (QED) is 0.902. The molecule has 24 heavy (non-hydrogen) atoms. The molecule has 0 bridgehead atoms. The van der Waals surface area contributed by atoms with E-state index in [0.29, 0.717) is 31.6 Å². The van der Waals surface area contributed by atoms with Gasteiger partial charge in [-0.15, -0.1) is 0 Å². The second kappa shape index (κ2) is 7.43. The first-order valence-electron chi connectivity index (χ1n) is 7.67. The van der Waals surface area contributed by atoms with Crippen molar-refractivity contribution in [2.75, 3.05) is 0 Å². The van der Waals surface area contributed by atoms with Gasteiger partial charge in [-0.05, 0) is 31.7 Å². The van der Waals surface area contributed by atoms with E-state index in [2.05, 4.69) is 25.0 Å². The molecule has 9 heteroatoms. The fourth-order valence-electron chi connectivity index (χ4n) is 2.72. The number of nitrogens with zero attached hydrogens (tertiary/aromatic N) is 4. The molecule has 1 fully saturated rings. The summed E-state index contributed by atoms with van der Waals surface area (Å²) in [4.78, 5) is 24.5. The maximum absolute atomic E-state index is 12.3. The van der Waals surface area contributed by atoms with Crippen molar-refractivity contribution in [2.24, 2.45) is 0 Å². The number of hydrogen-bond acceptors (Lipinski definition) is 5.